The molecular weight excluding hydrogens is 142 g/mol. The topological polar surface area (TPSA) is 63.3 Å². The van der Waals surface area contributed by atoms with Gasteiger partial charge in [-0.1, -0.05) is 13.0 Å². The fraction of sp³-hybridized carbons (Fsp3) is 0.625. The van der Waals surface area contributed by atoms with Gasteiger partial charge in [0.25, 0.3) is 0 Å². The summed E-state index contributed by atoms with van der Waals surface area (Å²) in [6, 6.07) is 0. The van der Waals surface area contributed by atoms with Crippen molar-refractivity contribution >= 4 is 5.91 Å². The van der Waals surface area contributed by atoms with Crippen LogP contribution in [0.25, 0.3) is 0 Å². The van der Waals surface area contributed by atoms with Crippen LogP contribution in [0.1, 0.15) is 26.7 Å². The summed E-state index contributed by atoms with van der Waals surface area (Å²) in [4.78, 5) is 10.5. The molecule has 0 aliphatic rings. The Hall–Kier alpha value is -0.830. The highest BCUT2D eigenvalue weighted by molar-refractivity contribution is 5.91. The quantitative estimate of drug-likeness (QED) is 0.586. The molecule has 64 valence electrons. The van der Waals surface area contributed by atoms with Gasteiger partial charge in [0.15, 0.2) is 0 Å². The summed E-state index contributed by atoms with van der Waals surface area (Å²) in [5.41, 5.74) is 5.49. The van der Waals surface area contributed by atoms with Crippen molar-refractivity contribution in [3.05, 3.63) is 11.6 Å². The van der Waals surface area contributed by atoms with Crippen LogP contribution in [0.2, 0.25) is 0 Å². The normalized spacial score (nSPS) is 14.6. The number of nitrogens with two attached hydrogens (primary N) is 1. The highest BCUT2D eigenvalue weighted by Crippen LogP contribution is 2.01. The maximum atomic E-state index is 10.5. The van der Waals surface area contributed by atoms with Gasteiger partial charge in [-0.05, 0) is 19.8 Å². The first-order valence-corrected chi connectivity index (χ1v) is 3.72. The predicted molar refractivity (Wildman–Crippen MR) is 43.9 cm³/mol. The Morgan fingerprint density at radius 3 is 2.64 bits per heavy atom. The smallest absolute Gasteiger partial charge is 0.244 e. The lowest BCUT2D eigenvalue weighted by Gasteiger charge is -2.02. The molecule has 3 heteroatoms. The lowest BCUT2D eigenvalue weighted by Crippen LogP contribution is -2.12. The van der Waals surface area contributed by atoms with E-state index >= 15 is 0 Å². The second-order valence-electron chi connectivity index (χ2n) is 2.55. The summed E-state index contributed by atoms with van der Waals surface area (Å²) in [6.07, 6.45) is 2.51. The minimum absolute atomic E-state index is 0.357. The van der Waals surface area contributed by atoms with Crippen LogP contribution >= 0.6 is 0 Å². The number of aliphatic hydroxyl groups excluding tert-OH is 1. The zero-order valence-corrected chi connectivity index (χ0v) is 7.00. The van der Waals surface area contributed by atoms with Gasteiger partial charge in [0, 0.05) is 5.57 Å². The van der Waals surface area contributed by atoms with Gasteiger partial charge in [-0.2, -0.15) is 0 Å². The summed E-state index contributed by atoms with van der Waals surface area (Å²) in [5.74, 6) is -0.423. The zero-order valence-electron chi connectivity index (χ0n) is 7.00. The number of primary amides is 1. The van der Waals surface area contributed by atoms with Crippen LogP contribution in [0.15, 0.2) is 11.6 Å². The maximum absolute atomic E-state index is 10.5. The maximum Gasteiger partial charge on any atom is 0.244 e. The molecule has 0 aromatic carbocycles. The third-order valence-corrected chi connectivity index (χ3v) is 1.56. The van der Waals surface area contributed by atoms with E-state index in [1.165, 1.54) is 0 Å². The van der Waals surface area contributed by atoms with Crippen LogP contribution in [0.5, 0.6) is 0 Å². The van der Waals surface area contributed by atoms with E-state index in [0.29, 0.717) is 18.4 Å². The Bertz CT molecular complexity index is 163. The van der Waals surface area contributed by atoms with Gasteiger partial charge in [0.2, 0.25) is 5.91 Å². The molecule has 1 amide bonds. The highest BCUT2D eigenvalue weighted by Gasteiger charge is 2.00. The van der Waals surface area contributed by atoms with Crippen LogP contribution in [-0.4, -0.2) is 17.1 Å². The number of amides is 1. The number of aliphatic hydroxyl groups is 1. The second-order valence-corrected chi connectivity index (χ2v) is 2.55. The highest BCUT2D eigenvalue weighted by atomic mass is 16.3. The molecule has 0 bridgehead atoms. The summed E-state index contributed by atoms with van der Waals surface area (Å²) in [6.45, 7) is 3.53. The molecule has 0 aromatic rings. The fourth-order valence-electron chi connectivity index (χ4n) is 0.580. The average molecular weight is 157 g/mol. The summed E-state index contributed by atoms with van der Waals surface area (Å²) in [7, 11) is 0. The average Bonchev–Trinajstić information content (AvgIpc) is 1.99. The SMILES string of the molecule is CCC(O)C/C=C(\C)C(N)=O. The first-order valence-electron chi connectivity index (χ1n) is 3.72. The van der Waals surface area contributed by atoms with E-state index in [2.05, 4.69) is 0 Å². The van der Waals surface area contributed by atoms with Crippen molar-refractivity contribution in [3.8, 4) is 0 Å². The molecule has 0 rings (SSSR count). The molecule has 1 atom stereocenters. The van der Waals surface area contributed by atoms with E-state index in [1.807, 2.05) is 6.92 Å². The van der Waals surface area contributed by atoms with Crippen molar-refractivity contribution in [2.75, 3.05) is 0 Å². The summed E-state index contributed by atoms with van der Waals surface area (Å²) in [5, 5.41) is 9.09. The molecule has 0 aliphatic carbocycles. The van der Waals surface area contributed by atoms with Crippen molar-refractivity contribution in [1.82, 2.24) is 0 Å². The van der Waals surface area contributed by atoms with E-state index in [4.69, 9.17) is 10.8 Å². The minimum atomic E-state index is -0.423. The third-order valence-electron chi connectivity index (χ3n) is 1.56. The molecule has 0 spiro atoms. The molecule has 0 fully saturated rings. The number of carbonyl (C=O) groups is 1. The molecule has 0 aliphatic heterocycles. The van der Waals surface area contributed by atoms with Gasteiger partial charge >= 0.3 is 0 Å². The Kier molecular flexibility index (Phi) is 4.54. The van der Waals surface area contributed by atoms with Crippen molar-refractivity contribution in [2.45, 2.75) is 32.8 Å². The lowest BCUT2D eigenvalue weighted by atomic mass is 10.1. The van der Waals surface area contributed by atoms with Crippen LogP contribution < -0.4 is 5.73 Å². The molecule has 0 saturated heterocycles. The Morgan fingerprint density at radius 2 is 2.27 bits per heavy atom. The molecule has 1 unspecified atom stereocenters. The monoisotopic (exact) mass is 157 g/mol. The Balaban J connectivity index is 3.82. The minimum Gasteiger partial charge on any atom is -0.393 e. The number of rotatable bonds is 4. The van der Waals surface area contributed by atoms with Gasteiger partial charge in [-0.25, -0.2) is 0 Å². The molecule has 0 radical (unpaired) electrons. The fourth-order valence-corrected chi connectivity index (χ4v) is 0.580. The van der Waals surface area contributed by atoms with Crippen LogP contribution in [0, 0.1) is 0 Å². The van der Waals surface area contributed by atoms with E-state index in [-0.39, 0.29) is 6.10 Å². The van der Waals surface area contributed by atoms with Gasteiger partial charge < -0.3 is 10.8 Å². The Labute approximate surface area is 66.9 Å². The van der Waals surface area contributed by atoms with Crippen molar-refractivity contribution in [2.24, 2.45) is 5.73 Å². The van der Waals surface area contributed by atoms with Crippen molar-refractivity contribution in [3.63, 3.8) is 0 Å². The first-order chi connectivity index (χ1) is 5.07. The van der Waals surface area contributed by atoms with Gasteiger partial charge in [0.1, 0.15) is 0 Å². The number of carbonyl (C=O) groups excluding carboxylic acids is 1. The van der Waals surface area contributed by atoms with Crippen molar-refractivity contribution < 1.29 is 9.90 Å². The Morgan fingerprint density at radius 1 is 1.73 bits per heavy atom. The van der Waals surface area contributed by atoms with E-state index in [1.54, 1.807) is 13.0 Å². The lowest BCUT2D eigenvalue weighted by molar-refractivity contribution is -0.114. The number of hydrogen-bond acceptors (Lipinski definition) is 2. The summed E-state index contributed by atoms with van der Waals surface area (Å²) < 4.78 is 0. The van der Waals surface area contributed by atoms with E-state index < -0.39 is 5.91 Å². The first kappa shape index (κ1) is 10.2. The van der Waals surface area contributed by atoms with Crippen LogP contribution in [-0.2, 0) is 4.79 Å². The third kappa shape index (κ3) is 4.56. The van der Waals surface area contributed by atoms with E-state index in [0.717, 1.165) is 0 Å². The predicted octanol–water partition coefficient (Wildman–Crippen LogP) is 0.579. The molecular formula is C8H15NO2. The molecule has 3 nitrogen and oxygen atoms in total. The largest absolute Gasteiger partial charge is 0.393 e. The van der Waals surface area contributed by atoms with Gasteiger partial charge in [-0.3, -0.25) is 4.79 Å². The second kappa shape index (κ2) is 4.91. The molecule has 0 heterocycles. The zero-order chi connectivity index (χ0) is 8.85. The van der Waals surface area contributed by atoms with Crippen LogP contribution in [0.3, 0.4) is 0 Å². The molecule has 0 aromatic heterocycles. The summed E-state index contributed by atoms with van der Waals surface area (Å²) >= 11 is 0. The van der Waals surface area contributed by atoms with Gasteiger partial charge in [-0.15, -0.1) is 0 Å². The van der Waals surface area contributed by atoms with E-state index in [9.17, 15) is 4.79 Å². The van der Waals surface area contributed by atoms with Crippen molar-refractivity contribution in [1.29, 1.82) is 0 Å². The van der Waals surface area contributed by atoms with Crippen LogP contribution in [0.4, 0.5) is 0 Å². The number of hydrogen-bond donors (Lipinski definition) is 2. The molecule has 0 saturated carbocycles. The van der Waals surface area contributed by atoms with Gasteiger partial charge in [0.05, 0.1) is 6.10 Å². The standard InChI is InChI=1S/C8H15NO2/c1-3-7(10)5-4-6(2)8(9)11/h4,7,10H,3,5H2,1-2H3,(H2,9,11)/b6-4+. The molecule has 11 heavy (non-hydrogen) atoms. The molecule has 3 N–H and O–H groups in total.